The van der Waals surface area contributed by atoms with Gasteiger partial charge in [-0.05, 0) is 31.4 Å². The molecular weight excluding hydrogens is 273 g/mol. The lowest BCUT2D eigenvalue weighted by Crippen LogP contribution is -2.33. The molecule has 1 aliphatic heterocycles. The highest BCUT2D eigenvalue weighted by Crippen LogP contribution is 2.31. The van der Waals surface area contributed by atoms with Crippen molar-refractivity contribution in [3.63, 3.8) is 0 Å². The number of rotatable bonds is 2. The van der Waals surface area contributed by atoms with Crippen LogP contribution in [0.3, 0.4) is 0 Å². The molecule has 8 heteroatoms. The van der Waals surface area contributed by atoms with Crippen molar-refractivity contribution in [1.82, 2.24) is 4.98 Å². The topological polar surface area (TPSA) is 74.7 Å². The molecule has 1 saturated heterocycles. The van der Waals surface area contributed by atoms with Crippen LogP contribution in [0.15, 0.2) is 17.3 Å². The quantitative estimate of drug-likeness (QED) is 0.378. The molecule has 2 heterocycles. The SMILES string of the molecule is N/C(=N/O)c1ccc(C(F)(F)F)nc1N1CCCCC1. The number of hydrogen-bond acceptors (Lipinski definition) is 4. The van der Waals surface area contributed by atoms with Crippen LogP contribution in [-0.4, -0.2) is 29.1 Å². The van der Waals surface area contributed by atoms with Crippen molar-refractivity contribution in [2.75, 3.05) is 18.0 Å². The molecule has 0 atom stereocenters. The average molecular weight is 288 g/mol. The number of anilines is 1. The summed E-state index contributed by atoms with van der Waals surface area (Å²) in [5, 5.41) is 11.6. The molecule has 3 N–H and O–H groups in total. The van der Waals surface area contributed by atoms with Gasteiger partial charge in [-0.15, -0.1) is 0 Å². The van der Waals surface area contributed by atoms with Crippen molar-refractivity contribution in [2.45, 2.75) is 25.4 Å². The third-order valence-electron chi connectivity index (χ3n) is 3.20. The van der Waals surface area contributed by atoms with Gasteiger partial charge in [-0.3, -0.25) is 0 Å². The van der Waals surface area contributed by atoms with E-state index in [1.165, 1.54) is 6.07 Å². The molecule has 20 heavy (non-hydrogen) atoms. The van der Waals surface area contributed by atoms with Crippen LogP contribution in [0.2, 0.25) is 0 Å². The van der Waals surface area contributed by atoms with Crippen molar-refractivity contribution in [3.05, 3.63) is 23.4 Å². The molecule has 0 amide bonds. The summed E-state index contributed by atoms with van der Waals surface area (Å²) in [5.41, 5.74) is 4.74. The lowest BCUT2D eigenvalue weighted by Gasteiger charge is -2.29. The number of alkyl halides is 3. The number of nitrogens with two attached hydrogens (primary N) is 1. The average Bonchev–Trinajstić information content (AvgIpc) is 2.46. The summed E-state index contributed by atoms with van der Waals surface area (Å²) in [6, 6.07) is 2.02. The lowest BCUT2D eigenvalue weighted by atomic mass is 10.1. The van der Waals surface area contributed by atoms with Gasteiger partial charge < -0.3 is 15.8 Å². The van der Waals surface area contributed by atoms with Gasteiger partial charge in [0.25, 0.3) is 0 Å². The second-order valence-corrected chi connectivity index (χ2v) is 4.60. The van der Waals surface area contributed by atoms with Gasteiger partial charge in [-0.25, -0.2) is 4.98 Å². The zero-order valence-electron chi connectivity index (χ0n) is 10.7. The molecule has 0 aromatic carbocycles. The fourth-order valence-corrected chi connectivity index (χ4v) is 2.21. The second-order valence-electron chi connectivity index (χ2n) is 4.60. The van der Waals surface area contributed by atoms with Crippen molar-refractivity contribution in [1.29, 1.82) is 0 Å². The first-order chi connectivity index (χ1) is 9.43. The fourth-order valence-electron chi connectivity index (χ4n) is 2.21. The van der Waals surface area contributed by atoms with Crippen molar-refractivity contribution in [2.24, 2.45) is 10.9 Å². The highest BCUT2D eigenvalue weighted by molar-refractivity contribution is 6.01. The summed E-state index contributed by atoms with van der Waals surface area (Å²) < 4.78 is 38.3. The van der Waals surface area contributed by atoms with Crippen LogP contribution in [0.25, 0.3) is 0 Å². The van der Waals surface area contributed by atoms with Crippen LogP contribution in [-0.2, 0) is 6.18 Å². The van der Waals surface area contributed by atoms with Gasteiger partial charge >= 0.3 is 6.18 Å². The Labute approximate surface area is 113 Å². The maximum atomic E-state index is 12.8. The third-order valence-corrected chi connectivity index (χ3v) is 3.20. The van der Waals surface area contributed by atoms with Crippen LogP contribution in [0, 0.1) is 0 Å². The highest BCUT2D eigenvalue weighted by atomic mass is 19.4. The summed E-state index contributed by atoms with van der Waals surface area (Å²) in [4.78, 5) is 5.41. The molecule has 5 nitrogen and oxygen atoms in total. The van der Waals surface area contributed by atoms with Crippen LogP contribution < -0.4 is 10.6 Å². The largest absolute Gasteiger partial charge is 0.433 e. The Morgan fingerprint density at radius 2 is 1.90 bits per heavy atom. The number of piperidine rings is 1. The number of amidine groups is 1. The zero-order chi connectivity index (χ0) is 14.8. The van der Waals surface area contributed by atoms with E-state index in [2.05, 4.69) is 10.1 Å². The first-order valence-electron chi connectivity index (χ1n) is 6.24. The number of aromatic nitrogens is 1. The minimum absolute atomic E-state index is 0.120. The van der Waals surface area contributed by atoms with E-state index in [0.29, 0.717) is 13.1 Å². The van der Waals surface area contributed by atoms with Crippen LogP contribution in [0.1, 0.15) is 30.5 Å². The summed E-state index contributed by atoms with van der Waals surface area (Å²) in [5.74, 6) is -0.123. The predicted octanol–water partition coefficient (Wildman–Crippen LogP) is 2.19. The maximum Gasteiger partial charge on any atom is 0.433 e. The fraction of sp³-hybridized carbons (Fsp3) is 0.500. The lowest BCUT2D eigenvalue weighted by molar-refractivity contribution is -0.141. The second kappa shape index (κ2) is 5.56. The Balaban J connectivity index is 2.47. The van der Waals surface area contributed by atoms with E-state index in [-0.39, 0.29) is 17.2 Å². The van der Waals surface area contributed by atoms with E-state index in [4.69, 9.17) is 10.9 Å². The van der Waals surface area contributed by atoms with E-state index in [9.17, 15) is 13.2 Å². The number of halogens is 3. The van der Waals surface area contributed by atoms with Gasteiger partial charge in [0, 0.05) is 13.1 Å². The first kappa shape index (κ1) is 14.4. The molecule has 0 spiro atoms. The molecule has 1 fully saturated rings. The Kier molecular flexibility index (Phi) is 4.01. The molecule has 2 rings (SSSR count). The zero-order valence-corrected chi connectivity index (χ0v) is 10.7. The van der Waals surface area contributed by atoms with Gasteiger partial charge in [0.2, 0.25) is 0 Å². The molecular formula is C12H15F3N4O. The first-order valence-corrected chi connectivity index (χ1v) is 6.24. The highest BCUT2D eigenvalue weighted by Gasteiger charge is 2.34. The van der Waals surface area contributed by atoms with E-state index >= 15 is 0 Å². The smallest absolute Gasteiger partial charge is 0.409 e. The Hall–Kier alpha value is -1.99. The summed E-state index contributed by atoms with van der Waals surface area (Å²) in [7, 11) is 0. The number of nitrogens with zero attached hydrogens (tertiary/aromatic N) is 3. The molecule has 0 aliphatic carbocycles. The monoisotopic (exact) mass is 288 g/mol. The normalized spacial score (nSPS) is 17.4. The number of hydrogen-bond donors (Lipinski definition) is 2. The minimum Gasteiger partial charge on any atom is -0.409 e. The standard InChI is InChI=1S/C12H15F3N4O/c13-12(14,15)9-5-4-8(10(16)18-20)11(17-9)19-6-2-1-3-7-19/h4-5,20H,1-3,6-7H2,(H2,16,18). The van der Waals surface area contributed by atoms with E-state index in [1.807, 2.05) is 0 Å². The van der Waals surface area contributed by atoms with Gasteiger partial charge in [0.05, 0.1) is 5.56 Å². The molecule has 0 saturated carbocycles. The Morgan fingerprint density at radius 1 is 1.25 bits per heavy atom. The molecule has 1 aromatic heterocycles. The molecule has 110 valence electrons. The Bertz CT molecular complexity index is 510. The molecule has 0 bridgehead atoms. The van der Waals surface area contributed by atoms with Gasteiger partial charge in [-0.2, -0.15) is 13.2 Å². The summed E-state index contributed by atoms with van der Waals surface area (Å²) >= 11 is 0. The predicted molar refractivity (Wildman–Crippen MR) is 67.8 cm³/mol. The number of oxime groups is 1. The number of pyridine rings is 1. The molecule has 1 aromatic rings. The minimum atomic E-state index is -4.52. The Morgan fingerprint density at radius 3 is 2.45 bits per heavy atom. The van der Waals surface area contributed by atoms with Crippen LogP contribution in [0.5, 0.6) is 0 Å². The van der Waals surface area contributed by atoms with Gasteiger partial charge in [-0.1, -0.05) is 5.16 Å². The summed E-state index contributed by atoms with van der Waals surface area (Å²) in [6.45, 7) is 1.22. The maximum absolute atomic E-state index is 12.8. The van der Waals surface area contributed by atoms with Crippen LogP contribution >= 0.6 is 0 Å². The van der Waals surface area contributed by atoms with Gasteiger partial charge in [0.15, 0.2) is 5.84 Å². The van der Waals surface area contributed by atoms with Crippen molar-refractivity contribution < 1.29 is 18.4 Å². The third kappa shape index (κ3) is 2.94. The molecule has 0 unspecified atom stereocenters. The van der Waals surface area contributed by atoms with Gasteiger partial charge in [0.1, 0.15) is 11.5 Å². The van der Waals surface area contributed by atoms with E-state index < -0.39 is 11.9 Å². The van der Waals surface area contributed by atoms with Crippen molar-refractivity contribution in [3.8, 4) is 0 Å². The summed E-state index contributed by atoms with van der Waals surface area (Å²) in [6.07, 6.45) is -1.72. The van der Waals surface area contributed by atoms with Crippen LogP contribution in [0.4, 0.5) is 19.0 Å². The molecule has 0 radical (unpaired) electrons. The van der Waals surface area contributed by atoms with E-state index in [1.54, 1.807) is 4.90 Å². The van der Waals surface area contributed by atoms with E-state index in [0.717, 1.165) is 25.3 Å². The molecule has 1 aliphatic rings. The van der Waals surface area contributed by atoms with Crippen molar-refractivity contribution >= 4 is 11.7 Å².